The van der Waals surface area contributed by atoms with Crippen LogP contribution in [0.4, 0.5) is 5.69 Å². The highest BCUT2D eigenvalue weighted by Gasteiger charge is 2.05. The highest BCUT2D eigenvalue weighted by atomic mass is 32.1. The Morgan fingerprint density at radius 1 is 1.44 bits per heavy atom. The molecule has 0 aliphatic carbocycles. The van der Waals surface area contributed by atoms with Gasteiger partial charge in [-0.2, -0.15) is 0 Å². The maximum Gasteiger partial charge on any atom is 0.0745 e. The minimum absolute atomic E-state index is 0.538. The molecule has 0 radical (unpaired) electrons. The van der Waals surface area contributed by atoms with Crippen LogP contribution in [-0.4, -0.2) is 36.8 Å². The highest BCUT2D eigenvalue weighted by molar-refractivity contribution is 7.80. The van der Waals surface area contributed by atoms with Crippen LogP contribution in [0.1, 0.15) is 6.42 Å². The Morgan fingerprint density at radius 2 is 2.12 bits per heavy atom. The number of pyridine rings is 1. The third-order valence-corrected chi connectivity index (χ3v) is 2.43. The van der Waals surface area contributed by atoms with Crippen molar-refractivity contribution in [2.45, 2.75) is 6.42 Å². The number of hydrogen-bond acceptors (Lipinski definition) is 4. The molecule has 4 nitrogen and oxygen atoms in total. The first-order valence-electron chi connectivity index (χ1n) is 5.16. The lowest BCUT2D eigenvalue weighted by Gasteiger charge is -2.24. The molecule has 5 heteroatoms. The number of nitrogens with two attached hydrogens (primary N) is 1. The van der Waals surface area contributed by atoms with Gasteiger partial charge in [0.05, 0.1) is 11.6 Å². The molecule has 1 aromatic heterocycles. The van der Waals surface area contributed by atoms with E-state index in [-0.39, 0.29) is 0 Å². The van der Waals surface area contributed by atoms with E-state index in [0.29, 0.717) is 18.0 Å². The third kappa shape index (κ3) is 4.55. The van der Waals surface area contributed by atoms with Crippen LogP contribution < -0.4 is 10.6 Å². The van der Waals surface area contributed by atoms with Crippen LogP contribution in [0.15, 0.2) is 24.5 Å². The van der Waals surface area contributed by atoms with E-state index < -0.39 is 0 Å². The largest absolute Gasteiger partial charge is 0.393 e. The van der Waals surface area contributed by atoms with E-state index >= 15 is 0 Å². The Balaban J connectivity index is 2.59. The topological polar surface area (TPSA) is 51.4 Å². The number of nitrogens with zero attached hydrogens (tertiary/aromatic N) is 2. The number of thiocarbonyl (C=S) groups is 1. The van der Waals surface area contributed by atoms with E-state index in [1.54, 1.807) is 19.5 Å². The smallest absolute Gasteiger partial charge is 0.0745 e. The summed E-state index contributed by atoms with van der Waals surface area (Å²) in [7, 11) is 1.69. The summed E-state index contributed by atoms with van der Waals surface area (Å²) in [5, 5.41) is 0. The number of hydrogen-bond donors (Lipinski definition) is 1. The maximum atomic E-state index is 5.51. The molecule has 0 amide bonds. The van der Waals surface area contributed by atoms with Gasteiger partial charge < -0.3 is 15.4 Å². The molecule has 2 N–H and O–H groups in total. The Hall–Kier alpha value is -1.20. The molecule has 1 heterocycles. The monoisotopic (exact) mass is 239 g/mol. The van der Waals surface area contributed by atoms with Gasteiger partial charge in [0.25, 0.3) is 0 Å². The van der Waals surface area contributed by atoms with Gasteiger partial charge in [-0.05, 0) is 12.1 Å². The molecule has 0 saturated carbocycles. The van der Waals surface area contributed by atoms with Crippen LogP contribution in [0.25, 0.3) is 0 Å². The summed E-state index contributed by atoms with van der Waals surface area (Å²) in [5.74, 6) is 0. The normalized spacial score (nSPS) is 10.1. The highest BCUT2D eigenvalue weighted by Crippen LogP contribution is 2.12. The minimum Gasteiger partial charge on any atom is -0.393 e. The van der Waals surface area contributed by atoms with Crippen molar-refractivity contribution in [1.82, 2.24) is 4.98 Å². The number of aromatic nitrogens is 1. The molecular weight excluding hydrogens is 222 g/mol. The van der Waals surface area contributed by atoms with E-state index in [1.807, 2.05) is 12.1 Å². The molecule has 0 fully saturated rings. The number of rotatable bonds is 7. The van der Waals surface area contributed by atoms with Gasteiger partial charge in [-0.25, -0.2) is 0 Å². The van der Waals surface area contributed by atoms with Crippen LogP contribution in [0.2, 0.25) is 0 Å². The fourth-order valence-corrected chi connectivity index (χ4v) is 1.46. The predicted octanol–water partition coefficient (Wildman–Crippen LogP) is 1.21. The molecule has 0 aliphatic heterocycles. The van der Waals surface area contributed by atoms with Crippen LogP contribution in [0.3, 0.4) is 0 Å². The van der Waals surface area contributed by atoms with Crippen molar-refractivity contribution in [1.29, 1.82) is 0 Å². The Labute approximate surface area is 101 Å². The first-order valence-corrected chi connectivity index (χ1v) is 5.57. The molecular formula is C11H17N3OS. The number of methoxy groups -OCH3 is 1. The summed E-state index contributed by atoms with van der Waals surface area (Å²) in [4.78, 5) is 6.72. The Morgan fingerprint density at radius 3 is 2.69 bits per heavy atom. The number of ether oxygens (including phenoxy) is 1. The summed E-state index contributed by atoms with van der Waals surface area (Å²) in [6, 6.07) is 3.93. The second-order valence-electron chi connectivity index (χ2n) is 3.40. The standard InChI is InChI=1S/C11H17N3OS/c1-15-9-8-14(7-4-11(12)16)10-2-5-13-6-3-10/h2-3,5-6H,4,7-9H2,1H3,(H2,12,16). The lowest BCUT2D eigenvalue weighted by atomic mass is 10.3. The third-order valence-electron chi connectivity index (χ3n) is 2.22. The molecule has 88 valence electrons. The Kier molecular flexibility index (Phi) is 5.74. The van der Waals surface area contributed by atoms with Crippen molar-refractivity contribution >= 4 is 22.9 Å². The molecule has 0 atom stereocenters. The van der Waals surface area contributed by atoms with E-state index in [1.165, 1.54) is 0 Å². The van der Waals surface area contributed by atoms with Crippen molar-refractivity contribution in [2.75, 3.05) is 31.7 Å². The molecule has 16 heavy (non-hydrogen) atoms. The lowest BCUT2D eigenvalue weighted by Crippen LogP contribution is -2.30. The minimum atomic E-state index is 0.538. The van der Waals surface area contributed by atoms with E-state index in [4.69, 9.17) is 22.7 Å². The summed E-state index contributed by atoms with van der Waals surface area (Å²) >= 11 is 4.88. The number of anilines is 1. The maximum absolute atomic E-state index is 5.51. The van der Waals surface area contributed by atoms with Crippen molar-refractivity contribution < 1.29 is 4.74 Å². The average Bonchev–Trinajstić information content (AvgIpc) is 2.30. The van der Waals surface area contributed by atoms with Gasteiger partial charge in [-0.3, -0.25) is 4.98 Å². The predicted molar refractivity (Wildman–Crippen MR) is 69.7 cm³/mol. The van der Waals surface area contributed by atoms with Crippen molar-refractivity contribution in [3.8, 4) is 0 Å². The van der Waals surface area contributed by atoms with Crippen molar-refractivity contribution in [2.24, 2.45) is 5.73 Å². The van der Waals surface area contributed by atoms with Crippen LogP contribution >= 0.6 is 12.2 Å². The van der Waals surface area contributed by atoms with Gasteiger partial charge in [0.15, 0.2) is 0 Å². The first kappa shape index (κ1) is 12.9. The van der Waals surface area contributed by atoms with Crippen LogP contribution in [0, 0.1) is 0 Å². The molecule has 1 aromatic rings. The van der Waals surface area contributed by atoms with Gasteiger partial charge in [0.1, 0.15) is 0 Å². The summed E-state index contributed by atoms with van der Waals surface area (Å²) < 4.78 is 5.08. The molecule has 0 saturated heterocycles. The summed E-state index contributed by atoms with van der Waals surface area (Å²) in [6.45, 7) is 2.31. The SMILES string of the molecule is COCCN(CCC(N)=S)c1ccncc1. The zero-order chi connectivity index (χ0) is 11.8. The molecule has 0 bridgehead atoms. The van der Waals surface area contributed by atoms with E-state index in [2.05, 4.69) is 9.88 Å². The summed E-state index contributed by atoms with van der Waals surface area (Å²) in [6.07, 6.45) is 4.26. The Bertz CT molecular complexity index is 318. The summed E-state index contributed by atoms with van der Waals surface area (Å²) in [5.41, 5.74) is 6.62. The second kappa shape index (κ2) is 7.14. The lowest BCUT2D eigenvalue weighted by molar-refractivity contribution is 0.205. The fraction of sp³-hybridized carbons (Fsp3) is 0.455. The molecule has 0 spiro atoms. The molecule has 0 unspecified atom stereocenters. The zero-order valence-corrected chi connectivity index (χ0v) is 10.2. The molecule has 1 rings (SSSR count). The van der Waals surface area contributed by atoms with Crippen LogP contribution in [0.5, 0.6) is 0 Å². The van der Waals surface area contributed by atoms with Gasteiger partial charge in [-0.1, -0.05) is 12.2 Å². The fourth-order valence-electron chi connectivity index (χ4n) is 1.37. The van der Waals surface area contributed by atoms with E-state index in [0.717, 1.165) is 18.8 Å². The second-order valence-corrected chi connectivity index (χ2v) is 3.93. The average molecular weight is 239 g/mol. The van der Waals surface area contributed by atoms with E-state index in [9.17, 15) is 0 Å². The van der Waals surface area contributed by atoms with Gasteiger partial charge in [0.2, 0.25) is 0 Å². The van der Waals surface area contributed by atoms with Crippen molar-refractivity contribution in [3.05, 3.63) is 24.5 Å². The molecule has 0 aromatic carbocycles. The van der Waals surface area contributed by atoms with Crippen molar-refractivity contribution in [3.63, 3.8) is 0 Å². The quantitative estimate of drug-likeness (QED) is 0.725. The molecule has 0 aliphatic rings. The first-order chi connectivity index (χ1) is 7.74. The van der Waals surface area contributed by atoms with Gasteiger partial charge in [-0.15, -0.1) is 0 Å². The van der Waals surface area contributed by atoms with Crippen LogP contribution in [-0.2, 0) is 4.74 Å². The zero-order valence-electron chi connectivity index (χ0n) is 9.43. The van der Waals surface area contributed by atoms with Gasteiger partial charge >= 0.3 is 0 Å². The van der Waals surface area contributed by atoms with Gasteiger partial charge in [0, 0.05) is 44.7 Å².